The maximum atomic E-state index is 4.22. The van der Waals surface area contributed by atoms with Gasteiger partial charge in [-0.15, -0.1) is 0 Å². The minimum atomic E-state index is 0.538. The first kappa shape index (κ1) is 10.6. The van der Waals surface area contributed by atoms with E-state index in [0.29, 0.717) is 6.04 Å². The first-order valence-corrected chi connectivity index (χ1v) is 5.79. The number of hydrogen-bond acceptors (Lipinski definition) is 3. The standard InChI is InChI=1S/C11H20N4/c1-3-14(4-2)8-11-7-12-5-10-6-13-9-15(10)11/h6,9,11-12H,3-5,7-8H2,1-2H3. The van der Waals surface area contributed by atoms with Crippen molar-refractivity contribution in [2.45, 2.75) is 26.4 Å². The molecule has 0 aromatic carbocycles. The maximum Gasteiger partial charge on any atom is 0.0952 e. The van der Waals surface area contributed by atoms with Gasteiger partial charge in [0.25, 0.3) is 0 Å². The Hall–Kier alpha value is -0.870. The molecule has 0 amide bonds. The van der Waals surface area contributed by atoms with E-state index >= 15 is 0 Å². The highest BCUT2D eigenvalue weighted by molar-refractivity contribution is 5.03. The van der Waals surface area contributed by atoms with E-state index in [1.165, 1.54) is 5.69 Å². The summed E-state index contributed by atoms with van der Waals surface area (Å²) in [5.41, 5.74) is 1.30. The molecule has 1 aliphatic rings. The van der Waals surface area contributed by atoms with Gasteiger partial charge in [0, 0.05) is 25.8 Å². The van der Waals surface area contributed by atoms with Gasteiger partial charge in [0.2, 0.25) is 0 Å². The Morgan fingerprint density at radius 1 is 1.53 bits per heavy atom. The molecule has 1 atom stereocenters. The maximum absolute atomic E-state index is 4.22. The smallest absolute Gasteiger partial charge is 0.0952 e. The van der Waals surface area contributed by atoms with Crippen molar-refractivity contribution in [2.75, 3.05) is 26.2 Å². The van der Waals surface area contributed by atoms with Crippen molar-refractivity contribution in [3.8, 4) is 0 Å². The van der Waals surface area contributed by atoms with Gasteiger partial charge in [-0.3, -0.25) is 0 Å². The van der Waals surface area contributed by atoms with E-state index in [1.54, 1.807) is 0 Å². The predicted molar refractivity (Wildman–Crippen MR) is 60.8 cm³/mol. The van der Waals surface area contributed by atoms with Crippen LogP contribution in [0.25, 0.3) is 0 Å². The molecule has 2 heterocycles. The third kappa shape index (κ3) is 2.21. The van der Waals surface area contributed by atoms with Crippen LogP contribution in [0, 0.1) is 0 Å². The van der Waals surface area contributed by atoms with Crippen LogP contribution < -0.4 is 5.32 Å². The fourth-order valence-electron chi connectivity index (χ4n) is 2.20. The molecule has 84 valence electrons. The lowest BCUT2D eigenvalue weighted by atomic mass is 10.2. The van der Waals surface area contributed by atoms with Gasteiger partial charge in [-0.2, -0.15) is 0 Å². The molecule has 4 heteroatoms. The molecular weight excluding hydrogens is 188 g/mol. The lowest BCUT2D eigenvalue weighted by Crippen LogP contribution is -2.40. The highest BCUT2D eigenvalue weighted by Gasteiger charge is 2.20. The number of nitrogens with one attached hydrogen (secondary N) is 1. The van der Waals surface area contributed by atoms with Gasteiger partial charge in [0.1, 0.15) is 0 Å². The molecule has 0 aliphatic carbocycles. The summed E-state index contributed by atoms with van der Waals surface area (Å²) >= 11 is 0. The second-order valence-electron chi connectivity index (χ2n) is 4.06. The molecule has 2 rings (SSSR count). The van der Waals surface area contributed by atoms with Crippen molar-refractivity contribution in [2.24, 2.45) is 0 Å². The van der Waals surface area contributed by atoms with Gasteiger partial charge in [0.05, 0.1) is 18.1 Å². The Bertz CT molecular complexity index is 303. The molecule has 0 fully saturated rings. The summed E-state index contributed by atoms with van der Waals surface area (Å²) in [5.74, 6) is 0. The molecule has 15 heavy (non-hydrogen) atoms. The van der Waals surface area contributed by atoms with E-state index in [2.05, 4.69) is 33.6 Å². The second-order valence-corrected chi connectivity index (χ2v) is 4.06. The summed E-state index contributed by atoms with van der Waals surface area (Å²) < 4.78 is 2.31. The second kappa shape index (κ2) is 4.77. The Morgan fingerprint density at radius 2 is 2.33 bits per heavy atom. The van der Waals surface area contributed by atoms with Gasteiger partial charge in [-0.1, -0.05) is 13.8 Å². The summed E-state index contributed by atoms with van der Waals surface area (Å²) in [5, 5.41) is 3.44. The highest BCUT2D eigenvalue weighted by atomic mass is 15.2. The van der Waals surface area contributed by atoms with Crippen molar-refractivity contribution >= 4 is 0 Å². The van der Waals surface area contributed by atoms with Gasteiger partial charge >= 0.3 is 0 Å². The number of aromatic nitrogens is 2. The number of hydrogen-bond donors (Lipinski definition) is 1. The summed E-state index contributed by atoms with van der Waals surface area (Å²) in [6.45, 7) is 9.80. The van der Waals surface area contributed by atoms with Crippen molar-refractivity contribution < 1.29 is 0 Å². The molecule has 0 saturated heterocycles. The zero-order valence-corrected chi connectivity index (χ0v) is 9.61. The highest BCUT2D eigenvalue weighted by Crippen LogP contribution is 2.15. The van der Waals surface area contributed by atoms with Gasteiger partial charge < -0.3 is 14.8 Å². The number of rotatable bonds is 4. The minimum absolute atomic E-state index is 0.538. The fourth-order valence-corrected chi connectivity index (χ4v) is 2.20. The monoisotopic (exact) mass is 208 g/mol. The first-order valence-electron chi connectivity index (χ1n) is 5.79. The Balaban J connectivity index is 2.06. The van der Waals surface area contributed by atoms with E-state index in [-0.39, 0.29) is 0 Å². The lowest BCUT2D eigenvalue weighted by Gasteiger charge is -2.30. The topological polar surface area (TPSA) is 33.1 Å². The van der Waals surface area contributed by atoms with Crippen LogP contribution in [0.3, 0.4) is 0 Å². The molecule has 0 bridgehead atoms. The minimum Gasteiger partial charge on any atom is -0.328 e. The average molecular weight is 208 g/mol. The molecule has 0 spiro atoms. The van der Waals surface area contributed by atoms with Crippen LogP contribution in [0.4, 0.5) is 0 Å². The lowest BCUT2D eigenvalue weighted by molar-refractivity contribution is 0.236. The number of nitrogens with zero attached hydrogens (tertiary/aromatic N) is 3. The predicted octanol–water partition coefficient (Wildman–Crippen LogP) is 0.869. The zero-order valence-electron chi connectivity index (χ0n) is 9.61. The van der Waals surface area contributed by atoms with E-state index in [0.717, 1.165) is 32.7 Å². The number of likely N-dealkylation sites (N-methyl/N-ethyl adjacent to an activating group) is 1. The van der Waals surface area contributed by atoms with Crippen LogP contribution in [-0.2, 0) is 6.54 Å². The summed E-state index contributed by atoms with van der Waals surface area (Å²) in [7, 11) is 0. The largest absolute Gasteiger partial charge is 0.328 e. The summed E-state index contributed by atoms with van der Waals surface area (Å²) in [6.07, 6.45) is 3.92. The van der Waals surface area contributed by atoms with Gasteiger partial charge in [-0.25, -0.2) is 4.98 Å². The van der Waals surface area contributed by atoms with Crippen LogP contribution in [0.1, 0.15) is 25.6 Å². The normalized spacial score (nSPS) is 20.6. The van der Waals surface area contributed by atoms with Crippen LogP contribution in [-0.4, -0.2) is 40.6 Å². The number of imidazole rings is 1. The van der Waals surface area contributed by atoms with Crippen molar-refractivity contribution in [1.29, 1.82) is 0 Å². The quantitative estimate of drug-likeness (QED) is 0.797. The summed E-state index contributed by atoms with van der Waals surface area (Å²) in [6, 6.07) is 0.538. The molecule has 0 saturated carbocycles. The SMILES string of the molecule is CCN(CC)CC1CNCc2cncn21. The van der Waals surface area contributed by atoms with Crippen LogP contribution >= 0.6 is 0 Å². The first-order chi connectivity index (χ1) is 7.35. The molecule has 1 aromatic heterocycles. The molecule has 1 unspecified atom stereocenters. The van der Waals surface area contributed by atoms with Gasteiger partial charge in [-0.05, 0) is 13.1 Å². The number of fused-ring (bicyclic) bond motifs is 1. The average Bonchev–Trinajstić information content (AvgIpc) is 2.74. The Kier molecular flexibility index (Phi) is 3.38. The Labute approximate surface area is 91.3 Å². The summed E-state index contributed by atoms with van der Waals surface area (Å²) in [4.78, 5) is 6.68. The van der Waals surface area contributed by atoms with Crippen LogP contribution in [0.5, 0.6) is 0 Å². The third-order valence-corrected chi connectivity index (χ3v) is 3.19. The van der Waals surface area contributed by atoms with E-state index in [9.17, 15) is 0 Å². The van der Waals surface area contributed by atoms with E-state index in [4.69, 9.17) is 0 Å². The third-order valence-electron chi connectivity index (χ3n) is 3.19. The molecule has 4 nitrogen and oxygen atoms in total. The molecule has 1 aromatic rings. The Morgan fingerprint density at radius 3 is 3.07 bits per heavy atom. The molecule has 1 N–H and O–H groups in total. The molecule has 0 radical (unpaired) electrons. The van der Waals surface area contributed by atoms with Gasteiger partial charge in [0.15, 0.2) is 0 Å². The van der Waals surface area contributed by atoms with E-state index < -0.39 is 0 Å². The molecule has 1 aliphatic heterocycles. The fraction of sp³-hybridized carbons (Fsp3) is 0.727. The van der Waals surface area contributed by atoms with E-state index in [1.807, 2.05) is 12.5 Å². The van der Waals surface area contributed by atoms with Crippen LogP contribution in [0.15, 0.2) is 12.5 Å². The zero-order chi connectivity index (χ0) is 10.7. The van der Waals surface area contributed by atoms with Crippen molar-refractivity contribution in [3.63, 3.8) is 0 Å². The van der Waals surface area contributed by atoms with Crippen molar-refractivity contribution in [3.05, 3.63) is 18.2 Å². The molecular formula is C11H20N4. The van der Waals surface area contributed by atoms with Crippen LogP contribution in [0.2, 0.25) is 0 Å². The van der Waals surface area contributed by atoms with Crippen molar-refractivity contribution in [1.82, 2.24) is 19.8 Å².